The van der Waals surface area contributed by atoms with Gasteiger partial charge in [0.2, 0.25) is 0 Å². The predicted molar refractivity (Wildman–Crippen MR) is 84.8 cm³/mol. The molecule has 2 rings (SSSR count). The zero-order chi connectivity index (χ0) is 16.7. The quantitative estimate of drug-likeness (QED) is 0.632. The Morgan fingerprint density at radius 3 is 2.09 bits per heavy atom. The van der Waals surface area contributed by atoms with E-state index >= 15 is 0 Å². The van der Waals surface area contributed by atoms with E-state index in [4.69, 9.17) is 18.8 Å². The third-order valence-corrected chi connectivity index (χ3v) is 4.49. The van der Waals surface area contributed by atoms with E-state index in [1.54, 1.807) is 19.2 Å². The summed E-state index contributed by atoms with van der Waals surface area (Å²) >= 11 is 0. The fraction of sp³-hybridized carbons (Fsp3) is 0.562. The first kappa shape index (κ1) is 16.8. The lowest BCUT2D eigenvalue weighted by Crippen LogP contribution is -2.41. The second-order valence-electron chi connectivity index (χ2n) is 6.49. The normalized spacial score (nSPS) is 19.1. The van der Waals surface area contributed by atoms with E-state index in [-0.39, 0.29) is 0 Å². The zero-order valence-electron chi connectivity index (χ0n) is 14.3. The predicted octanol–water partition coefficient (Wildman–Crippen LogP) is 2.09. The second-order valence-corrected chi connectivity index (χ2v) is 6.49. The van der Waals surface area contributed by atoms with Gasteiger partial charge in [-0.1, -0.05) is 0 Å². The van der Waals surface area contributed by atoms with Crippen molar-refractivity contribution in [2.45, 2.75) is 45.8 Å². The highest BCUT2D eigenvalue weighted by Gasteiger charge is 2.52. The highest BCUT2D eigenvalue weighted by atomic mass is 16.7. The second kappa shape index (κ2) is 5.59. The van der Waals surface area contributed by atoms with Crippen LogP contribution >= 0.6 is 0 Å². The molecular formula is C16H23BO5. The third kappa shape index (κ3) is 2.73. The number of carbonyl (C=O) groups excluding carboxylic acids is 1. The van der Waals surface area contributed by atoms with Crippen LogP contribution in [0.2, 0.25) is 0 Å². The van der Waals surface area contributed by atoms with Gasteiger partial charge in [0.05, 0.1) is 31.0 Å². The van der Waals surface area contributed by atoms with Crippen LogP contribution in [0.25, 0.3) is 0 Å². The van der Waals surface area contributed by atoms with E-state index in [1.165, 1.54) is 7.11 Å². The van der Waals surface area contributed by atoms with Crippen LogP contribution in [-0.4, -0.2) is 38.5 Å². The average Bonchev–Trinajstić information content (AvgIpc) is 2.66. The zero-order valence-corrected chi connectivity index (χ0v) is 14.3. The fourth-order valence-corrected chi connectivity index (χ4v) is 2.36. The van der Waals surface area contributed by atoms with Crippen molar-refractivity contribution < 1.29 is 23.6 Å². The van der Waals surface area contributed by atoms with E-state index in [0.717, 1.165) is 5.56 Å². The van der Waals surface area contributed by atoms with Crippen molar-refractivity contribution in [3.63, 3.8) is 0 Å². The van der Waals surface area contributed by atoms with Gasteiger partial charge in [-0.15, -0.1) is 0 Å². The molecule has 1 heterocycles. The van der Waals surface area contributed by atoms with Crippen molar-refractivity contribution in [2.24, 2.45) is 0 Å². The molecule has 1 aromatic rings. The molecule has 0 amide bonds. The Labute approximate surface area is 132 Å². The molecule has 0 aliphatic carbocycles. The van der Waals surface area contributed by atoms with Gasteiger partial charge in [-0.2, -0.15) is 0 Å². The van der Waals surface area contributed by atoms with Crippen LogP contribution < -0.4 is 10.2 Å². The number of aryl methyl sites for hydroxylation is 1. The Hall–Kier alpha value is -1.53. The van der Waals surface area contributed by atoms with Gasteiger partial charge in [0, 0.05) is 5.46 Å². The van der Waals surface area contributed by atoms with Crippen LogP contribution in [0.15, 0.2) is 12.1 Å². The summed E-state index contributed by atoms with van der Waals surface area (Å²) in [5.41, 5.74) is 1.03. The Morgan fingerprint density at radius 2 is 1.64 bits per heavy atom. The maximum atomic E-state index is 11.9. The lowest BCUT2D eigenvalue weighted by molar-refractivity contribution is 0.00578. The summed E-state index contributed by atoms with van der Waals surface area (Å²) in [5.74, 6) is 0.238. The number of esters is 1. The van der Waals surface area contributed by atoms with Crippen LogP contribution in [0.4, 0.5) is 0 Å². The van der Waals surface area contributed by atoms with Crippen molar-refractivity contribution >= 4 is 18.6 Å². The Morgan fingerprint density at radius 1 is 1.09 bits per heavy atom. The lowest BCUT2D eigenvalue weighted by Gasteiger charge is -2.32. The van der Waals surface area contributed by atoms with Gasteiger partial charge in [-0.3, -0.25) is 0 Å². The summed E-state index contributed by atoms with van der Waals surface area (Å²) in [5, 5.41) is 0. The number of methoxy groups -OCH3 is 2. The minimum absolute atomic E-state index is 0.391. The smallest absolute Gasteiger partial charge is 0.497 e. The first-order chi connectivity index (χ1) is 10.1. The molecule has 0 atom stereocenters. The number of hydrogen-bond acceptors (Lipinski definition) is 5. The first-order valence-corrected chi connectivity index (χ1v) is 7.25. The summed E-state index contributed by atoms with van der Waals surface area (Å²) in [6.07, 6.45) is 0. The Balaban J connectivity index is 2.49. The molecule has 1 saturated heterocycles. The topological polar surface area (TPSA) is 54.0 Å². The molecule has 1 fully saturated rings. The van der Waals surface area contributed by atoms with Crippen LogP contribution in [-0.2, 0) is 14.0 Å². The summed E-state index contributed by atoms with van der Waals surface area (Å²) in [4.78, 5) is 11.9. The summed E-state index contributed by atoms with van der Waals surface area (Å²) in [6.45, 7) is 9.76. The van der Waals surface area contributed by atoms with Gasteiger partial charge in [-0.25, -0.2) is 4.79 Å². The molecule has 1 aromatic carbocycles. The summed E-state index contributed by atoms with van der Waals surface area (Å²) < 4.78 is 22.4. The SMILES string of the molecule is COC(=O)c1cc(B2OC(C)(C)C(C)(C)O2)c(OC)cc1C. The molecule has 1 aliphatic rings. The van der Waals surface area contributed by atoms with Gasteiger partial charge in [-0.05, 0) is 52.3 Å². The number of carbonyl (C=O) groups is 1. The van der Waals surface area contributed by atoms with Crippen molar-refractivity contribution in [2.75, 3.05) is 14.2 Å². The van der Waals surface area contributed by atoms with E-state index in [2.05, 4.69) is 0 Å². The van der Waals surface area contributed by atoms with Crippen LogP contribution in [0.5, 0.6) is 5.75 Å². The molecule has 1 aliphatic heterocycles. The summed E-state index contributed by atoms with van der Waals surface area (Å²) in [6, 6.07) is 3.52. The molecule has 0 radical (unpaired) electrons. The number of benzene rings is 1. The maximum absolute atomic E-state index is 11.9. The maximum Gasteiger partial charge on any atom is 0.498 e. The summed E-state index contributed by atoms with van der Waals surface area (Å²) in [7, 11) is 2.35. The number of rotatable bonds is 3. The highest BCUT2D eigenvalue weighted by Crippen LogP contribution is 2.37. The van der Waals surface area contributed by atoms with Crippen LogP contribution in [0, 0.1) is 6.92 Å². The van der Waals surface area contributed by atoms with Crippen LogP contribution in [0.1, 0.15) is 43.6 Å². The van der Waals surface area contributed by atoms with E-state index < -0.39 is 24.3 Å². The molecule has 0 bridgehead atoms. The monoisotopic (exact) mass is 306 g/mol. The molecule has 22 heavy (non-hydrogen) atoms. The largest absolute Gasteiger partial charge is 0.498 e. The minimum Gasteiger partial charge on any atom is -0.497 e. The third-order valence-electron chi connectivity index (χ3n) is 4.49. The van der Waals surface area contributed by atoms with E-state index in [9.17, 15) is 4.79 Å². The van der Waals surface area contributed by atoms with Gasteiger partial charge in [0.1, 0.15) is 5.75 Å². The van der Waals surface area contributed by atoms with Gasteiger partial charge < -0.3 is 18.8 Å². The first-order valence-electron chi connectivity index (χ1n) is 7.25. The van der Waals surface area contributed by atoms with E-state index in [0.29, 0.717) is 16.8 Å². The number of ether oxygens (including phenoxy) is 2. The molecule has 0 spiro atoms. The van der Waals surface area contributed by atoms with Gasteiger partial charge in [0.25, 0.3) is 0 Å². The number of hydrogen-bond donors (Lipinski definition) is 0. The molecule has 0 unspecified atom stereocenters. The fourth-order valence-electron chi connectivity index (χ4n) is 2.36. The van der Waals surface area contributed by atoms with Crippen molar-refractivity contribution in [1.82, 2.24) is 0 Å². The molecule has 6 heteroatoms. The average molecular weight is 306 g/mol. The molecule has 5 nitrogen and oxygen atoms in total. The Bertz CT molecular complexity index is 578. The van der Waals surface area contributed by atoms with E-state index in [1.807, 2.05) is 34.6 Å². The Kier molecular flexibility index (Phi) is 4.28. The van der Waals surface area contributed by atoms with Gasteiger partial charge >= 0.3 is 13.1 Å². The minimum atomic E-state index is -0.594. The molecule has 0 N–H and O–H groups in total. The lowest BCUT2D eigenvalue weighted by atomic mass is 9.77. The standard InChI is InChI=1S/C16H23BO5/c1-10-8-13(19-6)12(9-11(10)14(18)20-7)17-21-15(2,3)16(4,5)22-17/h8-9H,1-7H3. The molecule has 0 aromatic heterocycles. The van der Waals surface area contributed by atoms with Crippen molar-refractivity contribution in [3.05, 3.63) is 23.3 Å². The van der Waals surface area contributed by atoms with Crippen molar-refractivity contribution in [1.29, 1.82) is 0 Å². The van der Waals surface area contributed by atoms with Crippen molar-refractivity contribution in [3.8, 4) is 5.75 Å². The highest BCUT2D eigenvalue weighted by molar-refractivity contribution is 6.63. The molecule has 120 valence electrons. The van der Waals surface area contributed by atoms with Crippen LogP contribution in [0.3, 0.4) is 0 Å². The molecular weight excluding hydrogens is 283 g/mol. The van der Waals surface area contributed by atoms with Gasteiger partial charge in [0.15, 0.2) is 0 Å². The molecule has 0 saturated carbocycles.